The number of amides is 1. The fraction of sp³-hybridized carbons (Fsp3) is 0.692. The molecule has 0 aliphatic carbocycles. The van der Waals surface area contributed by atoms with Gasteiger partial charge >= 0.3 is 6.01 Å². The van der Waals surface area contributed by atoms with Gasteiger partial charge < -0.3 is 20.3 Å². The van der Waals surface area contributed by atoms with Crippen LogP contribution < -0.4 is 20.3 Å². The summed E-state index contributed by atoms with van der Waals surface area (Å²) in [6.07, 6.45) is 0.862. The molecule has 1 aromatic rings. The van der Waals surface area contributed by atoms with Gasteiger partial charge in [0.05, 0.1) is 12.6 Å². The Morgan fingerprint density at radius 2 is 2.05 bits per heavy atom. The number of carbonyl (C=O) groups excluding carboxylic acids is 1. The lowest BCUT2D eigenvalue weighted by atomic mass is 10.4. The van der Waals surface area contributed by atoms with Gasteiger partial charge in [0.2, 0.25) is 17.8 Å². The molecule has 0 fully saturated rings. The van der Waals surface area contributed by atoms with E-state index in [0.717, 1.165) is 6.42 Å². The second-order valence-corrected chi connectivity index (χ2v) is 4.86. The molecule has 0 spiro atoms. The molecular formula is C13H24N6O2. The van der Waals surface area contributed by atoms with Crippen molar-refractivity contribution in [2.24, 2.45) is 0 Å². The highest BCUT2D eigenvalue weighted by molar-refractivity contribution is 5.80. The van der Waals surface area contributed by atoms with Gasteiger partial charge in [0, 0.05) is 20.6 Å². The van der Waals surface area contributed by atoms with Crippen molar-refractivity contribution in [2.45, 2.75) is 33.3 Å². The first-order valence-corrected chi connectivity index (χ1v) is 7.04. The first-order valence-electron chi connectivity index (χ1n) is 7.04. The highest BCUT2D eigenvalue weighted by Gasteiger charge is 2.14. The maximum absolute atomic E-state index is 11.7. The average molecular weight is 296 g/mol. The Labute approximate surface area is 125 Å². The molecule has 118 valence electrons. The summed E-state index contributed by atoms with van der Waals surface area (Å²) >= 11 is 0. The lowest BCUT2D eigenvalue weighted by Gasteiger charge is -2.18. The number of hydrogen-bond donors (Lipinski definition) is 2. The smallest absolute Gasteiger partial charge is 0.323 e. The highest BCUT2D eigenvalue weighted by Crippen LogP contribution is 2.14. The van der Waals surface area contributed by atoms with Gasteiger partial charge in [0.25, 0.3) is 0 Å². The van der Waals surface area contributed by atoms with Gasteiger partial charge in [-0.15, -0.1) is 0 Å². The molecule has 8 nitrogen and oxygen atoms in total. The number of anilines is 2. The minimum Gasteiger partial charge on any atom is -0.461 e. The summed E-state index contributed by atoms with van der Waals surface area (Å²) in [4.78, 5) is 25.9. The van der Waals surface area contributed by atoms with Crippen LogP contribution in [-0.4, -0.2) is 54.1 Å². The van der Waals surface area contributed by atoms with E-state index in [1.165, 1.54) is 0 Å². The third-order valence-corrected chi connectivity index (χ3v) is 2.46. The topological polar surface area (TPSA) is 92.3 Å². The lowest BCUT2D eigenvalue weighted by molar-refractivity contribution is -0.119. The van der Waals surface area contributed by atoms with Crippen LogP contribution >= 0.6 is 0 Å². The second-order valence-electron chi connectivity index (χ2n) is 4.86. The third-order valence-electron chi connectivity index (χ3n) is 2.46. The molecule has 1 aromatic heterocycles. The van der Waals surface area contributed by atoms with Crippen molar-refractivity contribution in [3.8, 4) is 6.01 Å². The zero-order valence-corrected chi connectivity index (χ0v) is 13.3. The van der Waals surface area contributed by atoms with E-state index in [9.17, 15) is 4.79 Å². The molecule has 1 rings (SSSR count). The van der Waals surface area contributed by atoms with Crippen molar-refractivity contribution in [1.82, 2.24) is 20.3 Å². The van der Waals surface area contributed by atoms with E-state index in [4.69, 9.17) is 4.74 Å². The van der Waals surface area contributed by atoms with E-state index in [1.54, 1.807) is 19.0 Å². The molecule has 0 aliphatic rings. The SMILES string of the molecule is CCCNC(=O)CN(C)c1nc(NC)nc(OC(C)C)n1. The third kappa shape index (κ3) is 5.80. The van der Waals surface area contributed by atoms with Crippen LogP contribution in [0, 0.1) is 0 Å². The largest absolute Gasteiger partial charge is 0.461 e. The molecule has 0 atom stereocenters. The summed E-state index contributed by atoms with van der Waals surface area (Å²) in [5, 5.41) is 5.66. The molecule has 0 radical (unpaired) electrons. The summed E-state index contributed by atoms with van der Waals surface area (Å²) in [7, 11) is 3.46. The van der Waals surface area contributed by atoms with Crippen molar-refractivity contribution in [2.75, 3.05) is 37.4 Å². The van der Waals surface area contributed by atoms with Crippen LogP contribution in [0.2, 0.25) is 0 Å². The summed E-state index contributed by atoms with van der Waals surface area (Å²) in [5.41, 5.74) is 0. The number of rotatable bonds is 8. The molecule has 0 saturated carbocycles. The molecule has 0 saturated heterocycles. The molecule has 1 heterocycles. The number of likely N-dealkylation sites (N-methyl/N-ethyl adjacent to an activating group) is 1. The summed E-state index contributed by atoms with van der Waals surface area (Å²) in [6, 6.07) is 0.236. The van der Waals surface area contributed by atoms with Gasteiger partial charge in [-0.1, -0.05) is 6.92 Å². The van der Waals surface area contributed by atoms with Crippen LogP contribution in [0.3, 0.4) is 0 Å². The molecular weight excluding hydrogens is 272 g/mol. The molecule has 0 aromatic carbocycles. The average Bonchev–Trinajstić information content (AvgIpc) is 2.43. The number of ether oxygens (including phenoxy) is 1. The van der Waals surface area contributed by atoms with Crippen LogP contribution in [0.25, 0.3) is 0 Å². The van der Waals surface area contributed by atoms with E-state index in [2.05, 4.69) is 25.6 Å². The van der Waals surface area contributed by atoms with Crippen molar-refractivity contribution in [1.29, 1.82) is 0 Å². The van der Waals surface area contributed by atoms with Crippen LogP contribution in [0.4, 0.5) is 11.9 Å². The Hall–Kier alpha value is -2.12. The quantitative estimate of drug-likeness (QED) is 0.728. The number of carbonyl (C=O) groups is 1. The predicted molar refractivity (Wildman–Crippen MR) is 81.7 cm³/mol. The summed E-state index contributed by atoms with van der Waals surface area (Å²) in [5.74, 6) is 0.713. The monoisotopic (exact) mass is 296 g/mol. The van der Waals surface area contributed by atoms with E-state index < -0.39 is 0 Å². The standard InChI is InChI=1S/C13H24N6O2/c1-6-7-15-10(20)8-19(5)12-16-11(14-4)17-13(18-12)21-9(2)3/h9H,6-8H2,1-5H3,(H,15,20)(H,14,16,17,18). The van der Waals surface area contributed by atoms with Crippen molar-refractivity contribution < 1.29 is 9.53 Å². The molecule has 0 unspecified atom stereocenters. The summed E-state index contributed by atoms with van der Waals surface area (Å²) in [6.45, 7) is 6.63. The number of nitrogens with zero attached hydrogens (tertiary/aromatic N) is 4. The maximum Gasteiger partial charge on any atom is 0.323 e. The number of aromatic nitrogens is 3. The van der Waals surface area contributed by atoms with Crippen LogP contribution in [0.1, 0.15) is 27.2 Å². The molecule has 2 N–H and O–H groups in total. The fourth-order valence-corrected chi connectivity index (χ4v) is 1.50. The zero-order valence-electron chi connectivity index (χ0n) is 13.3. The second kappa shape index (κ2) is 8.23. The number of nitrogens with one attached hydrogen (secondary N) is 2. The van der Waals surface area contributed by atoms with Crippen LogP contribution in [0.5, 0.6) is 6.01 Å². The van der Waals surface area contributed by atoms with Gasteiger partial charge in [-0.05, 0) is 20.3 Å². The normalized spacial score (nSPS) is 10.4. The van der Waals surface area contributed by atoms with Gasteiger partial charge in [0.15, 0.2) is 0 Å². The van der Waals surface area contributed by atoms with Crippen molar-refractivity contribution >= 4 is 17.8 Å². The zero-order chi connectivity index (χ0) is 15.8. The van der Waals surface area contributed by atoms with Crippen molar-refractivity contribution in [3.63, 3.8) is 0 Å². The van der Waals surface area contributed by atoms with E-state index in [-0.39, 0.29) is 24.6 Å². The van der Waals surface area contributed by atoms with Gasteiger partial charge in [-0.25, -0.2) is 0 Å². The van der Waals surface area contributed by atoms with E-state index in [0.29, 0.717) is 18.4 Å². The first-order chi connectivity index (χ1) is 9.96. The fourth-order valence-electron chi connectivity index (χ4n) is 1.50. The Morgan fingerprint density at radius 3 is 2.62 bits per heavy atom. The first kappa shape index (κ1) is 16.9. The van der Waals surface area contributed by atoms with E-state index in [1.807, 2.05) is 20.8 Å². The van der Waals surface area contributed by atoms with Gasteiger partial charge in [0.1, 0.15) is 0 Å². The lowest BCUT2D eigenvalue weighted by Crippen LogP contribution is -2.36. The molecule has 21 heavy (non-hydrogen) atoms. The maximum atomic E-state index is 11.7. The van der Waals surface area contributed by atoms with Crippen LogP contribution in [-0.2, 0) is 4.79 Å². The van der Waals surface area contributed by atoms with Crippen molar-refractivity contribution in [3.05, 3.63) is 0 Å². The Bertz CT molecular complexity index is 466. The predicted octanol–water partition coefficient (Wildman–Crippen LogP) is 0.663. The molecule has 1 amide bonds. The Kier molecular flexibility index (Phi) is 6.64. The Balaban J connectivity index is 2.82. The molecule has 0 aliphatic heterocycles. The molecule has 8 heteroatoms. The van der Waals surface area contributed by atoms with Gasteiger partial charge in [-0.2, -0.15) is 15.0 Å². The minimum atomic E-state index is -0.0721. The summed E-state index contributed by atoms with van der Waals surface area (Å²) < 4.78 is 5.49. The van der Waals surface area contributed by atoms with E-state index >= 15 is 0 Å². The van der Waals surface area contributed by atoms with Crippen LogP contribution in [0.15, 0.2) is 0 Å². The Morgan fingerprint density at radius 1 is 1.33 bits per heavy atom. The highest BCUT2D eigenvalue weighted by atomic mass is 16.5. The van der Waals surface area contributed by atoms with Gasteiger partial charge in [-0.3, -0.25) is 4.79 Å². The molecule has 0 bridgehead atoms. The minimum absolute atomic E-state index is 0.0388. The number of hydrogen-bond acceptors (Lipinski definition) is 7.